The quantitative estimate of drug-likeness (QED) is 0.854. The van der Waals surface area contributed by atoms with Gasteiger partial charge in [0.1, 0.15) is 11.9 Å². The van der Waals surface area contributed by atoms with Crippen LogP contribution in [0.1, 0.15) is 30.4 Å². The highest BCUT2D eigenvalue weighted by Gasteiger charge is 2.27. The number of hydrogen-bond donors (Lipinski definition) is 1. The molecule has 2 aliphatic rings. The average molecular weight is 348 g/mol. The van der Waals surface area contributed by atoms with Gasteiger partial charge in [0.25, 0.3) is 0 Å². The minimum atomic E-state index is -0.0142. The number of ether oxygens (including phenoxy) is 1. The normalized spacial score (nSPS) is 21.1. The van der Waals surface area contributed by atoms with Crippen molar-refractivity contribution in [3.05, 3.63) is 59.8 Å². The predicted molar refractivity (Wildman–Crippen MR) is 102 cm³/mol. The number of carbonyl (C=O) groups is 1. The van der Waals surface area contributed by atoms with Crippen LogP contribution in [-0.2, 0) is 11.2 Å². The van der Waals surface area contributed by atoms with E-state index in [4.69, 9.17) is 4.74 Å². The fourth-order valence-corrected chi connectivity index (χ4v) is 3.67. The first-order valence-corrected chi connectivity index (χ1v) is 9.35. The molecule has 1 aromatic carbocycles. The number of fused-ring (bicyclic) bond motifs is 1. The highest BCUT2D eigenvalue weighted by atomic mass is 16.5. The van der Waals surface area contributed by atoms with Crippen molar-refractivity contribution in [2.45, 2.75) is 38.7 Å². The van der Waals surface area contributed by atoms with Crippen LogP contribution in [0.2, 0.25) is 0 Å². The topological polar surface area (TPSA) is 51.2 Å². The molecule has 2 atom stereocenters. The first-order valence-electron chi connectivity index (χ1n) is 9.35. The molecule has 2 aromatic rings. The fourth-order valence-electron chi connectivity index (χ4n) is 3.67. The molecule has 134 valence electrons. The molecule has 1 N–H and O–H groups in total. The molecule has 1 amide bonds. The minimum absolute atomic E-state index is 0.0142. The maximum atomic E-state index is 12.3. The molecule has 4 heteroatoms. The number of nitrogens with zero attached hydrogens (tertiary/aromatic N) is 1. The first-order chi connectivity index (χ1) is 12.7. The zero-order chi connectivity index (χ0) is 17.9. The number of nitrogens with one attached hydrogen (secondary N) is 1. The molecule has 0 bridgehead atoms. The van der Waals surface area contributed by atoms with Crippen LogP contribution < -0.4 is 10.1 Å². The fraction of sp³-hybridized carbons (Fsp3) is 0.364. The van der Waals surface area contributed by atoms with Gasteiger partial charge < -0.3 is 10.1 Å². The number of rotatable bonds is 4. The molecule has 0 spiro atoms. The summed E-state index contributed by atoms with van der Waals surface area (Å²) in [5, 5.41) is 3.08. The smallest absolute Gasteiger partial charge is 0.223 e. The summed E-state index contributed by atoms with van der Waals surface area (Å²) in [6, 6.07) is 10.3. The van der Waals surface area contributed by atoms with E-state index in [2.05, 4.69) is 34.6 Å². The Kier molecular flexibility index (Phi) is 4.74. The molecule has 1 aliphatic heterocycles. The van der Waals surface area contributed by atoms with E-state index >= 15 is 0 Å². The van der Waals surface area contributed by atoms with Crippen molar-refractivity contribution in [3.63, 3.8) is 0 Å². The van der Waals surface area contributed by atoms with Crippen LogP contribution in [0.5, 0.6) is 5.75 Å². The number of amides is 1. The van der Waals surface area contributed by atoms with E-state index in [0.29, 0.717) is 6.54 Å². The van der Waals surface area contributed by atoms with Gasteiger partial charge in [0.2, 0.25) is 5.91 Å². The molecule has 0 fully saturated rings. The van der Waals surface area contributed by atoms with Gasteiger partial charge in [-0.15, -0.1) is 0 Å². The number of carbonyl (C=O) groups excluding carboxylic acids is 1. The summed E-state index contributed by atoms with van der Waals surface area (Å²) >= 11 is 0. The maximum Gasteiger partial charge on any atom is 0.223 e. The van der Waals surface area contributed by atoms with Gasteiger partial charge in [0, 0.05) is 24.1 Å². The summed E-state index contributed by atoms with van der Waals surface area (Å²) in [4.78, 5) is 16.9. The molecule has 0 saturated heterocycles. The molecule has 0 saturated carbocycles. The van der Waals surface area contributed by atoms with Crippen molar-refractivity contribution in [2.75, 3.05) is 6.54 Å². The third-order valence-electron chi connectivity index (χ3n) is 5.16. The van der Waals surface area contributed by atoms with Gasteiger partial charge in [-0.2, -0.15) is 0 Å². The van der Waals surface area contributed by atoms with Gasteiger partial charge in [-0.05, 0) is 49.4 Å². The molecule has 0 unspecified atom stereocenters. The van der Waals surface area contributed by atoms with Crippen molar-refractivity contribution < 1.29 is 9.53 Å². The lowest BCUT2D eigenvalue weighted by Gasteiger charge is -2.19. The third kappa shape index (κ3) is 3.50. The van der Waals surface area contributed by atoms with Crippen LogP contribution in [0.3, 0.4) is 0 Å². The molecular formula is C22H24N2O2. The number of aromatic nitrogens is 1. The van der Waals surface area contributed by atoms with Crippen LogP contribution in [0.4, 0.5) is 0 Å². The number of hydrogen-bond acceptors (Lipinski definition) is 3. The van der Waals surface area contributed by atoms with Crippen LogP contribution in [0.15, 0.2) is 48.7 Å². The number of pyridine rings is 1. The molecule has 1 aromatic heterocycles. The first kappa shape index (κ1) is 16.8. The van der Waals surface area contributed by atoms with Crippen LogP contribution in [-0.4, -0.2) is 23.5 Å². The summed E-state index contributed by atoms with van der Waals surface area (Å²) in [6.45, 7) is 2.58. The number of aryl methyl sites for hydroxylation is 1. The maximum absolute atomic E-state index is 12.3. The Morgan fingerprint density at radius 2 is 2.19 bits per heavy atom. The number of para-hydroxylation sites is 1. The minimum Gasteiger partial charge on any atom is -0.487 e. The lowest BCUT2D eigenvalue weighted by molar-refractivity contribution is -0.125. The molecule has 0 radical (unpaired) electrons. The molecular weight excluding hydrogens is 324 g/mol. The number of benzene rings is 1. The van der Waals surface area contributed by atoms with Gasteiger partial charge in [-0.3, -0.25) is 9.78 Å². The molecule has 4 nitrogen and oxygen atoms in total. The second-order valence-electron chi connectivity index (χ2n) is 7.19. The lowest BCUT2D eigenvalue weighted by atomic mass is 9.93. The number of allylic oxidation sites excluding steroid dienone is 2. The Morgan fingerprint density at radius 1 is 1.27 bits per heavy atom. The molecule has 26 heavy (non-hydrogen) atoms. The van der Waals surface area contributed by atoms with E-state index in [9.17, 15) is 4.79 Å². The van der Waals surface area contributed by atoms with Crippen LogP contribution >= 0.6 is 0 Å². The second kappa shape index (κ2) is 7.32. The summed E-state index contributed by atoms with van der Waals surface area (Å²) in [7, 11) is 0. The monoisotopic (exact) mass is 348 g/mol. The largest absolute Gasteiger partial charge is 0.487 e. The van der Waals surface area contributed by atoms with Crippen molar-refractivity contribution in [1.29, 1.82) is 0 Å². The van der Waals surface area contributed by atoms with Gasteiger partial charge >= 0.3 is 0 Å². The Labute approximate surface area is 154 Å². The second-order valence-corrected chi connectivity index (χ2v) is 7.19. The SMILES string of the molecule is Cc1ccc(-c2cccc3c2O[C@H](CNC(=O)[C@@H]2CC=CCC2)C3)nc1. The summed E-state index contributed by atoms with van der Waals surface area (Å²) in [5.41, 5.74) is 4.27. The van der Waals surface area contributed by atoms with Gasteiger partial charge in [0.05, 0.1) is 12.2 Å². The van der Waals surface area contributed by atoms with E-state index in [1.54, 1.807) is 0 Å². The standard InChI is InChI=1S/C22H24N2O2/c1-15-10-11-20(23-13-15)19-9-5-8-17-12-18(26-21(17)19)14-24-22(25)16-6-3-2-4-7-16/h2-3,5,8-11,13,16,18H,4,6-7,12,14H2,1H3,(H,24,25)/t16-,18+/m1/s1. The summed E-state index contributed by atoms with van der Waals surface area (Å²) in [6.07, 6.45) is 9.73. The highest BCUT2D eigenvalue weighted by Crippen LogP contribution is 2.37. The molecule has 1 aliphatic carbocycles. The van der Waals surface area contributed by atoms with Crippen molar-refractivity contribution >= 4 is 5.91 Å². The Morgan fingerprint density at radius 3 is 2.96 bits per heavy atom. The predicted octanol–water partition coefficient (Wildman–Crippen LogP) is 3.83. The zero-order valence-corrected chi connectivity index (χ0v) is 15.1. The van der Waals surface area contributed by atoms with E-state index in [-0.39, 0.29) is 17.9 Å². The van der Waals surface area contributed by atoms with E-state index in [1.807, 2.05) is 31.3 Å². The average Bonchev–Trinajstić information content (AvgIpc) is 3.10. The van der Waals surface area contributed by atoms with Crippen LogP contribution in [0, 0.1) is 12.8 Å². The van der Waals surface area contributed by atoms with E-state index < -0.39 is 0 Å². The van der Waals surface area contributed by atoms with Gasteiger partial charge in [-0.1, -0.05) is 30.4 Å². The Balaban J connectivity index is 1.42. The highest BCUT2D eigenvalue weighted by molar-refractivity contribution is 5.79. The Hall–Kier alpha value is -2.62. The van der Waals surface area contributed by atoms with Gasteiger partial charge in [0.15, 0.2) is 0 Å². The molecule has 2 heterocycles. The van der Waals surface area contributed by atoms with Crippen molar-refractivity contribution in [3.8, 4) is 17.0 Å². The zero-order valence-electron chi connectivity index (χ0n) is 15.1. The van der Waals surface area contributed by atoms with E-state index in [0.717, 1.165) is 48.3 Å². The van der Waals surface area contributed by atoms with Crippen LogP contribution in [0.25, 0.3) is 11.3 Å². The third-order valence-corrected chi connectivity index (χ3v) is 5.16. The lowest BCUT2D eigenvalue weighted by Crippen LogP contribution is -2.38. The van der Waals surface area contributed by atoms with Gasteiger partial charge in [-0.25, -0.2) is 0 Å². The van der Waals surface area contributed by atoms with Crippen molar-refractivity contribution in [2.24, 2.45) is 5.92 Å². The van der Waals surface area contributed by atoms with E-state index in [1.165, 1.54) is 5.56 Å². The Bertz CT molecular complexity index is 827. The van der Waals surface area contributed by atoms with Crippen molar-refractivity contribution in [1.82, 2.24) is 10.3 Å². The molecule has 4 rings (SSSR count). The summed E-state index contributed by atoms with van der Waals surface area (Å²) < 4.78 is 6.19. The summed E-state index contributed by atoms with van der Waals surface area (Å²) in [5.74, 6) is 1.16.